The van der Waals surface area contributed by atoms with Gasteiger partial charge < -0.3 is 5.32 Å². The van der Waals surface area contributed by atoms with E-state index in [0.717, 1.165) is 19.0 Å². The molecule has 116 valence electrons. The maximum atomic E-state index is 13.7. The van der Waals surface area contributed by atoms with E-state index in [1.165, 1.54) is 31.2 Å². The fraction of sp³-hybridized carbons (Fsp3) is 0.684. The van der Waals surface area contributed by atoms with Crippen molar-refractivity contribution in [3.05, 3.63) is 35.6 Å². The zero-order valence-electron chi connectivity index (χ0n) is 13.6. The highest BCUT2D eigenvalue weighted by atomic mass is 19.1. The van der Waals surface area contributed by atoms with E-state index in [1.807, 2.05) is 6.07 Å². The highest BCUT2D eigenvalue weighted by Crippen LogP contribution is 2.57. The Labute approximate surface area is 128 Å². The van der Waals surface area contributed by atoms with Crippen LogP contribution >= 0.6 is 0 Å². The number of hydrogen-bond acceptors (Lipinski definition) is 1. The van der Waals surface area contributed by atoms with E-state index >= 15 is 0 Å². The summed E-state index contributed by atoms with van der Waals surface area (Å²) in [6.45, 7) is 9.32. The first-order valence-corrected chi connectivity index (χ1v) is 8.36. The summed E-state index contributed by atoms with van der Waals surface area (Å²) in [7, 11) is 0. The summed E-state index contributed by atoms with van der Waals surface area (Å²) in [6, 6.07) is 7.30. The second kappa shape index (κ2) is 5.39. The SMILES string of the molecule is CC1CC(C)(C)CC2(CCNCC2c2cccc(F)c2)C1. The number of nitrogens with one attached hydrogen (secondary N) is 1. The molecule has 3 unspecified atom stereocenters. The summed E-state index contributed by atoms with van der Waals surface area (Å²) in [6.07, 6.45) is 5.10. The minimum atomic E-state index is -0.101. The third-order valence-electron chi connectivity index (χ3n) is 5.63. The summed E-state index contributed by atoms with van der Waals surface area (Å²) in [5, 5.41) is 3.54. The predicted molar refractivity (Wildman–Crippen MR) is 85.9 cm³/mol. The van der Waals surface area contributed by atoms with Crippen LogP contribution in [0.3, 0.4) is 0 Å². The largest absolute Gasteiger partial charge is 0.316 e. The van der Waals surface area contributed by atoms with Gasteiger partial charge in [-0.2, -0.15) is 0 Å². The molecular formula is C19H28FN. The van der Waals surface area contributed by atoms with Crippen molar-refractivity contribution in [2.75, 3.05) is 13.1 Å². The number of hydrogen-bond donors (Lipinski definition) is 1. The molecular weight excluding hydrogens is 261 g/mol. The van der Waals surface area contributed by atoms with Crippen LogP contribution in [0.4, 0.5) is 4.39 Å². The van der Waals surface area contributed by atoms with Gasteiger partial charge in [0.15, 0.2) is 0 Å². The second-order valence-electron chi connectivity index (χ2n) is 8.28. The van der Waals surface area contributed by atoms with Gasteiger partial charge in [0.25, 0.3) is 0 Å². The van der Waals surface area contributed by atoms with Gasteiger partial charge in [-0.05, 0) is 66.7 Å². The average molecular weight is 289 g/mol. The Morgan fingerprint density at radius 3 is 2.76 bits per heavy atom. The topological polar surface area (TPSA) is 12.0 Å². The Hall–Kier alpha value is -0.890. The summed E-state index contributed by atoms with van der Waals surface area (Å²) in [5.41, 5.74) is 1.94. The van der Waals surface area contributed by atoms with Crippen molar-refractivity contribution in [3.63, 3.8) is 0 Å². The number of benzene rings is 1. The first-order valence-electron chi connectivity index (χ1n) is 8.36. The standard InChI is InChI=1S/C19H28FN/c1-14-10-18(2,3)13-19(11-14)7-8-21-12-17(19)15-5-4-6-16(20)9-15/h4-6,9,14,17,21H,7-8,10-13H2,1-3H3. The van der Waals surface area contributed by atoms with Gasteiger partial charge in [0.1, 0.15) is 5.82 Å². The lowest BCUT2D eigenvalue weighted by Gasteiger charge is -2.54. The highest BCUT2D eigenvalue weighted by Gasteiger charge is 2.48. The van der Waals surface area contributed by atoms with Gasteiger partial charge in [0.2, 0.25) is 0 Å². The Bertz CT molecular complexity index is 510. The van der Waals surface area contributed by atoms with E-state index in [2.05, 4.69) is 32.2 Å². The smallest absolute Gasteiger partial charge is 0.123 e. The molecule has 2 fully saturated rings. The summed E-state index contributed by atoms with van der Waals surface area (Å²) in [5.74, 6) is 1.11. The second-order valence-corrected chi connectivity index (χ2v) is 8.28. The molecule has 1 aliphatic heterocycles. The lowest BCUT2D eigenvalue weighted by atomic mass is 9.53. The van der Waals surface area contributed by atoms with E-state index in [0.29, 0.717) is 16.7 Å². The molecule has 1 saturated heterocycles. The minimum absolute atomic E-state index is 0.101. The van der Waals surface area contributed by atoms with Crippen LogP contribution in [0.1, 0.15) is 57.9 Å². The zero-order chi connectivity index (χ0) is 15.1. The molecule has 3 rings (SSSR count). The molecule has 1 aromatic carbocycles. The molecule has 0 radical (unpaired) electrons. The summed E-state index contributed by atoms with van der Waals surface area (Å²) >= 11 is 0. The monoisotopic (exact) mass is 289 g/mol. The third-order valence-corrected chi connectivity index (χ3v) is 5.63. The van der Waals surface area contributed by atoms with Gasteiger partial charge in [-0.25, -0.2) is 4.39 Å². The fourth-order valence-corrected chi connectivity index (χ4v) is 5.43. The Morgan fingerprint density at radius 2 is 2.05 bits per heavy atom. The van der Waals surface area contributed by atoms with E-state index < -0.39 is 0 Å². The van der Waals surface area contributed by atoms with Crippen molar-refractivity contribution in [2.24, 2.45) is 16.7 Å². The van der Waals surface area contributed by atoms with E-state index in [4.69, 9.17) is 0 Å². The maximum Gasteiger partial charge on any atom is 0.123 e. The molecule has 2 heteroatoms. The molecule has 1 spiro atoms. The van der Waals surface area contributed by atoms with Crippen molar-refractivity contribution >= 4 is 0 Å². The van der Waals surface area contributed by atoms with Crippen molar-refractivity contribution in [1.29, 1.82) is 0 Å². The van der Waals surface area contributed by atoms with Gasteiger partial charge in [-0.1, -0.05) is 32.9 Å². The Morgan fingerprint density at radius 1 is 1.24 bits per heavy atom. The number of rotatable bonds is 1. The molecule has 3 atom stereocenters. The number of piperidine rings is 1. The van der Waals surface area contributed by atoms with Crippen molar-refractivity contribution in [3.8, 4) is 0 Å². The first-order chi connectivity index (χ1) is 9.90. The zero-order valence-corrected chi connectivity index (χ0v) is 13.6. The van der Waals surface area contributed by atoms with Crippen LogP contribution in [0.25, 0.3) is 0 Å². The molecule has 0 bridgehead atoms. The van der Waals surface area contributed by atoms with Crippen LogP contribution in [-0.4, -0.2) is 13.1 Å². The summed E-state index contributed by atoms with van der Waals surface area (Å²) < 4.78 is 13.7. The molecule has 1 N–H and O–H groups in total. The van der Waals surface area contributed by atoms with Crippen LogP contribution in [0.15, 0.2) is 24.3 Å². The average Bonchev–Trinajstić information content (AvgIpc) is 2.36. The van der Waals surface area contributed by atoms with Gasteiger partial charge in [0, 0.05) is 12.5 Å². The molecule has 1 nitrogen and oxygen atoms in total. The van der Waals surface area contributed by atoms with Crippen LogP contribution in [0.5, 0.6) is 0 Å². The Balaban J connectivity index is 1.97. The van der Waals surface area contributed by atoms with Crippen molar-refractivity contribution in [1.82, 2.24) is 5.32 Å². The molecule has 2 aliphatic rings. The molecule has 1 heterocycles. The summed E-state index contributed by atoms with van der Waals surface area (Å²) in [4.78, 5) is 0. The number of halogens is 1. The van der Waals surface area contributed by atoms with Crippen LogP contribution < -0.4 is 5.32 Å². The highest BCUT2D eigenvalue weighted by molar-refractivity contribution is 5.25. The minimum Gasteiger partial charge on any atom is -0.316 e. The van der Waals surface area contributed by atoms with Crippen LogP contribution in [0.2, 0.25) is 0 Å². The molecule has 1 aromatic rings. The molecule has 0 aromatic heterocycles. The van der Waals surface area contributed by atoms with E-state index in [1.54, 1.807) is 12.1 Å². The Kier molecular flexibility index (Phi) is 3.85. The molecule has 21 heavy (non-hydrogen) atoms. The lowest BCUT2D eigenvalue weighted by Crippen LogP contribution is -2.49. The fourth-order valence-electron chi connectivity index (χ4n) is 5.43. The normalized spacial score (nSPS) is 35.8. The van der Waals surface area contributed by atoms with E-state index in [9.17, 15) is 4.39 Å². The molecule has 0 amide bonds. The molecule has 1 saturated carbocycles. The molecule has 1 aliphatic carbocycles. The van der Waals surface area contributed by atoms with Gasteiger partial charge in [-0.3, -0.25) is 0 Å². The quantitative estimate of drug-likeness (QED) is 0.787. The predicted octanol–water partition coefficient (Wildman–Crippen LogP) is 4.74. The van der Waals surface area contributed by atoms with Gasteiger partial charge >= 0.3 is 0 Å². The maximum absolute atomic E-state index is 13.7. The van der Waals surface area contributed by atoms with Crippen molar-refractivity contribution in [2.45, 2.75) is 52.4 Å². The lowest BCUT2D eigenvalue weighted by molar-refractivity contribution is 0.00496. The van der Waals surface area contributed by atoms with Gasteiger partial charge in [-0.15, -0.1) is 0 Å². The van der Waals surface area contributed by atoms with Crippen molar-refractivity contribution < 1.29 is 4.39 Å². The first kappa shape index (κ1) is 15.0. The van der Waals surface area contributed by atoms with Crippen LogP contribution in [-0.2, 0) is 0 Å². The van der Waals surface area contributed by atoms with E-state index in [-0.39, 0.29) is 5.82 Å². The van der Waals surface area contributed by atoms with Gasteiger partial charge in [0.05, 0.1) is 0 Å². The van der Waals surface area contributed by atoms with Crippen LogP contribution in [0, 0.1) is 22.6 Å². The third kappa shape index (κ3) is 3.01.